The van der Waals surface area contributed by atoms with Crippen molar-refractivity contribution >= 4 is 16.8 Å². The Hall–Kier alpha value is -2.49. The molecule has 0 atom stereocenters. The van der Waals surface area contributed by atoms with Crippen molar-refractivity contribution in [2.24, 2.45) is 0 Å². The molecule has 2 aromatic heterocycles. The minimum Gasteiger partial charge on any atom is -0.298 e. The first-order valence-corrected chi connectivity index (χ1v) is 7.88. The summed E-state index contributed by atoms with van der Waals surface area (Å²) in [4.78, 5) is 20.8. The number of H-pyrrole nitrogens is 1. The normalized spacial score (nSPS) is 18.3. The fourth-order valence-corrected chi connectivity index (χ4v) is 3.77. The minimum atomic E-state index is -0.466. The highest BCUT2D eigenvalue weighted by Gasteiger charge is 2.50. The first-order chi connectivity index (χ1) is 10.8. The van der Waals surface area contributed by atoms with Crippen molar-refractivity contribution in [3.8, 4) is 5.95 Å². The summed E-state index contributed by atoms with van der Waals surface area (Å²) in [5.41, 5.74) is 3.14. The van der Waals surface area contributed by atoms with Crippen LogP contribution in [0.5, 0.6) is 0 Å². The van der Waals surface area contributed by atoms with E-state index in [0.29, 0.717) is 0 Å². The lowest BCUT2D eigenvalue weighted by atomic mass is 9.80. The molecule has 1 aliphatic rings. The Morgan fingerprint density at radius 3 is 2.22 bits per heavy atom. The highest BCUT2D eigenvalue weighted by atomic mass is 16.1. The van der Waals surface area contributed by atoms with Gasteiger partial charge < -0.3 is 0 Å². The molecule has 3 aromatic rings. The summed E-state index contributed by atoms with van der Waals surface area (Å²) in [5.74, 6) is 1.05. The van der Waals surface area contributed by atoms with E-state index in [-0.39, 0.29) is 5.78 Å². The lowest BCUT2D eigenvalue weighted by molar-refractivity contribution is -0.603. The molecule has 0 spiro atoms. The van der Waals surface area contributed by atoms with Gasteiger partial charge in [0.15, 0.2) is 11.3 Å². The summed E-state index contributed by atoms with van der Waals surface area (Å²) in [7, 11) is 0. The summed E-state index contributed by atoms with van der Waals surface area (Å²) in [6.45, 7) is 8.04. The van der Waals surface area contributed by atoms with Crippen molar-refractivity contribution in [2.45, 2.75) is 38.5 Å². The number of benzene rings is 1. The van der Waals surface area contributed by atoms with Gasteiger partial charge in [-0.3, -0.25) is 4.79 Å². The Morgan fingerprint density at radius 1 is 0.957 bits per heavy atom. The number of rotatable bonds is 1. The molecule has 0 bridgehead atoms. The van der Waals surface area contributed by atoms with Gasteiger partial charge in [-0.25, -0.2) is 9.55 Å². The fourth-order valence-electron chi connectivity index (χ4n) is 3.77. The molecular formula is C19H20N3O+. The second kappa shape index (κ2) is 4.28. The van der Waals surface area contributed by atoms with Crippen molar-refractivity contribution in [3.63, 3.8) is 0 Å². The standard InChI is InChI=1S/C19H20N3O/c1-18(2)12-10-14-15(11-13(12)19(3,4)16(18)23)21-17(20-14)22-8-6-5-7-9-22/h5-11H,1-4H3,(H,20,21)/q+1. The lowest BCUT2D eigenvalue weighted by Gasteiger charge is -2.21. The van der Waals surface area contributed by atoms with Crippen LogP contribution < -0.4 is 4.57 Å². The molecule has 1 aromatic carbocycles. The summed E-state index contributed by atoms with van der Waals surface area (Å²) in [6, 6.07) is 10.1. The number of hydrogen-bond donors (Lipinski definition) is 1. The number of ketones is 1. The number of nitrogens with zero attached hydrogens (tertiary/aromatic N) is 2. The lowest BCUT2D eigenvalue weighted by Crippen LogP contribution is -2.33. The second-order valence-electron chi connectivity index (χ2n) is 7.34. The molecule has 0 aliphatic heterocycles. The smallest absolute Gasteiger partial charge is 0.298 e. The van der Waals surface area contributed by atoms with Crippen LogP contribution >= 0.6 is 0 Å². The number of aromatic nitrogens is 3. The number of hydrogen-bond acceptors (Lipinski definition) is 2. The van der Waals surface area contributed by atoms with Crippen molar-refractivity contribution < 1.29 is 9.36 Å². The van der Waals surface area contributed by atoms with Gasteiger partial charge in [0.2, 0.25) is 0 Å². The largest absolute Gasteiger partial charge is 0.401 e. The summed E-state index contributed by atoms with van der Waals surface area (Å²) in [5, 5.41) is 0. The number of fused-ring (bicyclic) bond motifs is 2. The molecule has 4 rings (SSSR count). The first-order valence-electron chi connectivity index (χ1n) is 7.88. The molecule has 1 aliphatic carbocycles. The van der Waals surface area contributed by atoms with E-state index in [1.54, 1.807) is 0 Å². The predicted octanol–water partition coefficient (Wildman–Crippen LogP) is 2.98. The highest BCUT2D eigenvalue weighted by molar-refractivity contribution is 6.04. The Kier molecular flexibility index (Phi) is 2.63. The van der Waals surface area contributed by atoms with E-state index >= 15 is 0 Å². The van der Waals surface area contributed by atoms with Crippen molar-refractivity contribution in [3.05, 3.63) is 53.9 Å². The maximum Gasteiger partial charge on any atom is 0.401 e. The molecular weight excluding hydrogens is 286 g/mol. The van der Waals surface area contributed by atoms with Gasteiger partial charge in [-0.15, -0.1) is 0 Å². The summed E-state index contributed by atoms with van der Waals surface area (Å²) in [6.07, 6.45) is 3.92. The van der Waals surface area contributed by atoms with Gasteiger partial charge in [0, 0.05) is 10.8 Å². The molecule has 1 N–H and O–H groups in total. The van der Waals surface area contributed by atoms with Gasteiger partial charge in [-0.1, -0.05) is 11.1 Å². The van der Waals surface area contributed by atoms with E-state index in [0.717, 1.165) is 28.1 Å². The maximum absolute atomic E-state index is 12.8. The Labute approximate surface area is 135 Å². The minimum absolute atomic E-state index is 0.269. The molecule has 0 saturated carbocycles. The van der Waals surface area contributed by atoms with Gasteiger partial charge in [0.1, 0.15) is 5.52 Å². The zero-order valence-electron chi connectivity index (χ0n) is 13.8. The monoisotopic (exact) mass is 306 g/mol. The molecule has 0 amide bonds. The number of carbonyl (C=O) groups excluding carboxylic acids is 1. The van der Waals surface area contributed by atoms with Crippen molar-refractivity contribution in [1.29, 1.82) is 0 Å². The van der Waals surface area contributed by atoms with Crippen molar-refractivity contribution in [2.75, 3.05) is 0 Å². The van der Waals surface area contributed by atoms with E-state index < -0.39 is 10.8 Å². The van der Waals surface area contributed by atoms with E-state index in [9.17, 15) is 4.79 Å². The van der Waals surface area contributed by atoms with Gasteiger partial charge in [-0.05, 0) is 63.1 Å². The van der Waals surface area contributed by atoms with Crippen LogP contribution in [0, 0.1) is 0 Å². The summed E-state index contributed by atoms with van der Waals surface area (Å²) < 4.78 is 1.95. The van der Waals surface area contributed by atoms with Crippen molar-refractivity contribution in [1.82, 2.24) is 9.97 Å². The molecule has 0 unspecified atom stereocenters. The SMILES string of the molecule is CC1(C)C(=O)C(C)(C)c2cc3[nH]c(-[n+]4ccccc4)nc3cc21. The van der Waals surface area contributed by atoms with Gasteiger partial charge in [-0.2, -0.15) is 0 Å². The topological polar surface area (TPSA) is 49.6 Å². The van der Waals surface area contributed by atoms with E-state index in [1.807, 2.05) is 62.9 Å². The van der Waals surface area contributed by atoms with Gasteiger partial charge in [0.25, 0.3) is 0 Å². The van der Waals surface area contributed by atoms with Crippen LogP contribution in [-0.4, -0.2) is 15.8 Å². The number of carbonyl (C=O) groups is 1. The summed E-state index contributed by atoms with van der Waals surface area (Å²) >= 11 is 0. The molecule has 0 saturated heterocycles. The highest BCUT2D eigenvalue weighted by Crippen LogP contribution is 2.47. The quantitative estimate of drug-likeness (QED) is 0.703. The Balaban J connectivity index is 1.96. The first kappa shape index (κ1) is 14.1. The third-order valence-electron chi connectivity index (χ3n) is 5.05. The number of aromatic amines is 1. The van der Waals surface area contributed by atoms with Crippen LogP contribution in [0.1, 0.15) is 38.8 Å². The van der Waals surface area contributed by atoms with Gasteiger partial charge in [0.05, 0.1) is 12.4 Å². The van der Waals surface area contributed by atoms with Crippen LogP contribution in [-0.2, 0) is 15.6 Å². The number of Topliss-reactive ketones (excluding diaryl/α,β-unsaturated/α-hetero) is 1. The molecule has 0 radical (unpaired) electrons. The average Bonchev–Trinajstić information content (AvgIpc) is 3.01. The number of imidazole rings is 1. The third-order valence-corrected chi connectivity index (χ3v) is 5.05. The number of pyridine rings is 1. The van der Waals surface area contributed by atoms with E-state index in [4.69, 9.17) is 4.98 Å². The molecule has 23 heavy (non-hydrogen) atoms. The molecule has 4 heteroatoms. The van der Waals surface area contributed by atoms with E-state index in [2.05, 4.69) is 17.1 Å². The van der Waals surface area contributed by atoms with Gasteiger partial charge >= 0.3 is 5.95 Å². The van der Waals surface area contributed by atoms with Crippen LogP contribution in [0.15, 0.2) is 42.7 Å². The van der Waals surface area contributed by atoms with Crippen LogP contribution in [0.3, 0.4) is 0 Å². The Morgan fingerprint density at radius 2 is 1.57 bits per heavy atom. The third kappa shape index (κ3) is 1.81. The van der Waals surface area contributed by atoms with E-state index in [1.165, 1.54) is 0 Å². The maximum atomic E-state index is 12.8. The second-order valence-corrected chi connectivity index (χ2v) is 7.34. The van der Waals surface area contributed by atoms with Crippen LogP contribution in [0.25, 0.3) is 17.0 Å². The molecule has 0 fully saturated rings. The van der Waals surface area contributed by atoms with Crippen LogP contribution in [0.2, 0.25) is 0 Å². The average molecular weight is 306 g/mol. The Bertz CT molecular complexity index is 881. The zero-order valence-corrected chi connectivity index (χ0v) is 13.8. The molecule has 116 valence electrons. The zero-order chi connectivity index (χ0) is 16.4. The fraction of sp³-hybridized carbons (Fsp3) is 0.316. The number of nitrogens with one attached hydrogen (secondary N) is 1. The molecule has 4 nitrogen and oxygen atoms in total. The van der Waals surface area contributed by atoms with Crippen LogP contribution in [0.4, 0.5) is 0 Å². The predicted molar refractivity (Wildman–Crippen MR) is 88.7 cm³/mol. The molecule has 2 heterocycles.